The standard InChI is InChI=1S/C10H14N4O/c11-7(5-15)4-12-8-1-2-9-10(3-8)14-6-13-9/h1-3,6-7,12,15H,4-5,11H2,(H,13,14). The van der Waals surface area contributed by atoms with E-state index in [4.69, 9.17) is 10.8 Å². The molecule has 0 bridgehead atoms. The van der Waals surface area contributed by atoms with Crippen LogP contribution in [0, 0.1) is 0 Å². The Labute approximate surface area is 87.3 Å². The highest BCUT2D eigenvalue weighted by atomic mass is 16.3. The van der Waals surface area contributed by atoms with Gasteiger partial charge in [0.25, 0.3) is 0 Å². The molecule has 5 nitrogen and oxygen atoms in total. The molecule has 1 unspecified atom stereocenters. The highest BCUT2D eigenvalue weighted by Gasteiger charge is 2.01. The van der Waals surface area contributed by atoms with E-state index in [2.05, 4.69) is 15.3 Å². The number of aliphatic hydroxyl groups is 1. The number of rotatable bonds is 4. The van der Waals surface area contributed by atoms with Crippen molar-refractivity contribution in [2.45, 2.75) is 6.04 Å². The fourth-order valence-corrected chi connectivity index (χ4v) is 1.36. The van der Waals surface area contributed by atoms with Gasteiger partial charge in [-0.3, -0.25) is 0 Å². The zero-order valence-corrected chi connectivity index (χ0v) is 8.27. The molecule has 0 fully saturated rings. The van der Waals surface area contributed by atoms with E-state index in [0.717, 1.165) is 16.7 Å². The third-order valence-corrected chi connectivity index (χ3v) is 2.22. The predicted molar refractivity (Wildman–Crippen MR) is 59.6 cm³/mol. The van der Waals surface area contributed by atoms with Crippen LogP contribution < -0.4 is 11.1 Å². The molecule has 0 saturated heterocycles. The smallest absolute Gasteiger partial charge is 0.0931 e. The molecule has 1 aromatic heterocycles. The number of nitrogens with two attached hydrogens (primary N) is 1. The Hall–Kier alpha value is -1.59. The van der Waals surface area contributed by atoms with Crippen LogP contribution >= 0.6 is 0 Å². The van der Waals surface area contributed by atoms with Gasteiger partial charge in [0.1, 0.15) is 0 Å². The lowest BCUT2D eigenvalue weighted by atomic mass is 10.2. The maximum Gasteiger partial charge on any atom is 0.0931 e. The summed E-state index contributed by atoms with van der Waals surface area (Å²) in [5, 5.41) is 11.9. The predicted octanol–water partition coefficient (Wildman–Crippen LogP) is 0.294. The van der Waals surface area contributed by atoms with Crippen LogP contribution in [0.2, 0.25) is 0 Å². The Morgan fingerprint density at radius 3 is 3.20 bits per heavy atom. The molecule has 1 aromatic carbocycles. The average molecular weight is 206 g/mol. The van der Waals surface area contributed by atoms with Gasteiger partial charge in [0.15, 0.2) is 0 Å². The molecule has 0 aliphatic carbocycles. The highest BCUT2D eigenvalue weighted by Crippen LogP contribution is 2.15. The minimum absolute atomic E-state index is 0.0146. The van der Waals surface area contributed by atoms with Crippen molar-refractivity contribution in [2.75, 3.05) is 18.5 Å². The van der Waals surface area contributed by atoms with E-state index < -0.39 is 0 Å². The molecule has 1 atom stereocenters. The maximum atomic E-state index is 8.77. The van der Waals surface area contributed by atoms with Crippen molar-refractivity contribution in [1.82, 2.24) is 9.97 Å². The van der Waals surface area contributed by atoms with Gasteiger partial charge in [0.05, 0.1) is 24.0 Å². The van der Waals surface area contributed by atoms with E-state index in [1.165, 1.54) is 0 Å². The fourth-order valence-electron chi connectivity index (χ4n) is 1.36. The molecule has 1 heterocycles. The molecular formula is C10H14N4O. The first-order valence-electron chi connectivity index (χ1n) is 4.83. The molecule has 0 aliphatic rings. The van der Waals surface area contributed by atoms with Crippen LogP contribution in [-0.2, 0) is 0 Å². The second kappa shape index (κ2) is 4.29. The van der Waals surface area contributed by atoms with E-state index in [9.17, 15) is 0 Å². The van der Waals surface area contributed by atoms with Crippen molar-refractivity contribution in [2.24, 2.45) is 5.73 Å². The van der Waals surface area contributed by atoms with Crippen molar-refractivity contribution in [3.63, 3.8) is 0 Å². The lowest BCUT2D eigenvalue weighted by Gasteiger charge is -2.10. The van der Waals surface area contributed by atoms with Crippen LogP contribution in [0.5, 0.6) is 0 Å². The van der Waals surface area contributed by atoms with Gasteiger partial charge in [-0.2, -0.15) is 0 Å². The van der Waals surface area contributed by atoms with Gasteiger partial charge in [0, 0.05) is 18.3 Å². The number of nitrogens with zero attached hydrogens (tertiary/aromatic N) is 1. The van der Waals surface area contributed by atoms with E-state index in [0.29, 0.717) is 6.54 Å². The number of fused-ring (bicyclic) bond motifs is 1. The number of aromatic amines is 1. The van der Waals surface area contributed by atoms with E-state index in [1.54, 1.807) is 6.33 Å². The fraction of sp³-hybridized carbons (Fsp3) is 0.300. The Kier molecular flexibility index (Phi) is 2.84. The number of aliphatic hydroxyl groups excluding tert-OH is 1. The largest absolute Gasteiger partial charge is 0.395 e. The summed E-state index contributed by atoms with van der Waals surface area (Å²) in [5.41, 5.74) is 8.47. The molecule has 5 heteroatoms. The van der Waals surface area contributed by atoms with Crippen molar-refractivity contribution in [3.8, 4) is 0 Å². The summed E-state index contributed by atoms with van der Waals surface area (Å²) in [7, 11) is 0. The Balaban J connectivity index is 2.08. The molecule has 2 rings (SSSR count). The Morgan fingerprint density at radius 1 is 1.53 bits per heavy atom. The van der Waals surface area contributed by atoms with Crippen molar-refractivity contribution >= 4 is 16.7 Å². The lowest BCUT2D eigenvalue weighted by Crippen LogP contribution is -2.32. The number of aromatic nitrogens is 2. The van der Waals surface area contributed by atoms with Crippen molar-refractivity contribution in [1.29, 1.82) is 0 Å². The average Bonchev–Trinajstić information content (AvgIpc) is 2.72. The SMILES string of the molecule is NC(CO)CNc1ccc2nc[nH]c2c1. The number of hydrogen-bond acceptors (Lipinski definition) is 4. The number of imidazole rings is 1. The first-order valence-corrected chi connectivity index (χ1v) is 4.83. The number of benzene rings is 1. The van der Waals surface area contributed by atoms with Crippen LogP contribution in [0.3, 0.4) is 0 Å². The van der Waals surface area contributed by atoms with Crippen LogP contribution in [0.15, 0.2) is 24.5 Å². The van der Waals surface area contributed by atoms with Gasteiger partial charge in [-0.15, -0.1) is 0 Å². The molecule has 15 heavy (non-hydrogen) atoms. The molecule has 0 amide bonds. The van der Waals surface area contributed by atoms with Gasteiger partial charge in [-0.25, -0.2) is 4.98 Å². The highest BCUT2D eigenvalue weighted by molar-refractivity contribution is 5.78. The van der Waals surface area contributed by atoms with Gasteiger partial charge < -0.3 is 21.1 Å². The molecular weight excluding hydrogens is 192 g/mol. The molecule has 0 radical (unpaired) electrons. The molecule has 5 N–H and O–H groups in total. The second-order valence-corrected chi connectivity index (χ2v) is 3.46. The maximum absolute atomic E-state index is 8.77. The summed E-state index contributed by atoms with van der Waals surface area (Å²) in [6.45, 7) is 0.537. The van der Waals surface area contributed by atoms with Crippen LogP contribution in [-0.4, -0.2) is 34.3 Å². The van der Waals surface area contributed by atoms with E-state index >= 15 is 0 Å². The molecule has 80 valence electrons. The molecule has 0 aliphatic heterocycles. The van der Waals surface area contributed by atoms with Crippen LogP contribution in [0.1, 0.15) is 0 Å². The summed E-state index contributed by atoms with van der Waals surface area (Å²) in [6.07, 6.45) is 1.66. The van der Waals surface area contributed by atoms with Gasteiger partial charge in [0.2, 0.25) is 0 Å². The summed E-state index contributed by atoms with van der Waals surface area (Å²) in [5.74, 6) is 0. The molecule has 0 saturated carbocycles. The first-order chi connectivity index (χ1) is 7.29. The normalized spacial score (nSPS) is 12.9. The Bertz CT molecular complexity index is 440. The van der Waals surface area contributed by atoms with Crippen molar-refractivity contribution in [3.05, 3.63) is 24.5 Å². The third kappa shape index (κ3) is 2.26. The minimum atomic E-state index is -0.234. The van der Waals surface area contributed by atoms with Crippen LogP contribution in [0.25, 0.3) is 11.0 Å². The van der Waals surface area contributed by atoms with Crippen molar-refractivity contribution < 1.29 is 5.11 Å². The van der Waals surface area contributed by atoms with Crippen LogP contribution in [0.4, 0.5) is 5.69 Å². The number of hydrogen-bond donors (Lipinski definition) is 4. The summed E-state index contributed by atoms with van der Waals surface area (Å²) in [6, 6.07) is 5.60. The van der Waals surface area contributed by atoms with E-state index in [1.807, 2.05) is 18.2 Å². The number of nitrogens with one attached hydrogen (secondary N) is 2. The van der Waals surface area contributed by atoms with Gasteiger partial charge in [-0.05, 0) is 18.2 Å². The summed E-state index contributed by atoms with van der Waals surface area (Å²) in [4.78, 5) is 7.15. The zero-order valence-electron chi connectivity index (χ0n) is 8.27. The number of H-pyrrole nitrogens is 1. The quantitative estimate of drug-likeness (QED) is 0.579. The first kappa shape index (κ1) is 9.95. The molecule has 0 spiro atoms. The lowest BCUT2D eigenvalue weighted by molar-refractivity contribution is 0.270. The number of anilines is 1. The summed E-state index contributed by atoms with van der Waals surface area (Å²) >= 11 is 0. The van der Waals surface area contributed by atoms with E-state index in [-0.39, 0.29) is 12.6 Å². The second-order valence-electron chi connectivity index (χ2n) is 3.46. The third-order valence-electron chi connectivity index (χ3n) is 2.22. The monoisotopic (exact) mass is 206 g/mol. The summed E-state index contributed by atoms with van der Waals surface area (Å²) < 4.78 is 0. The zero-order chi connectivity index (χ0) is 10.7. The topological polar surface area (TPSA) is 87.0 Å². The Morgan fingerprint density at radius 2 is 2.40 bits per heavy atom. The van der Waals surface area contributed by atoms with Gasteiger partial charge in [-0.1, -0.05) is 0 Å². The minimum Gasteiger partial charge on any atom is -0.395 e. The molecule has 2 aromatic rings. The van der Waals surface area contributed by atoms with Gasteiger partial charge >= 0.3 is 0 Å².